The number of benzene rings is 1. The third-order valence-electron chi connectivity index (χ3n) is 8.81. The van der Waals surface area contributed by atoms with Gasteiger partial charge in [-0.1, -0.05) is 62.9 Å². The van der Waals surface area contributed by atoms with Gasteiger partial charge in [0, 0.05) is 29.5 Å². The Bertz CT molecular complexity index is 1400. The second-order valence-electron chi connectivity index (χ2n) is 11.1. The van der Waals surface area contributed by atoms with Gasteiger partial charge in [0.1, 0.15) is 5.75 Å². The lowest BCUT2D eigenvalue weighted by Gasteiger charge is -2.34. The molecule has 5 aliphatic rings. The van der Waals surface area contributed by atoms with Gasteiger partial charge in [0.25, 0.3) is 0 Å². The molecule has 5 heteroatoms. The number of nitrogens with zero attached hydrogens (tertiary/aromatic N) is 2. The highest BCUT2D eigenvalue weighted by Gasteiger charge is 2.72. The first-order chi connectivity index (χ1) is 18.8. The Morgan fingerprint density at radius 2 is 1.95 bits per heavy atom. The molecule has 0 spiro atoms. The largest absolute Gasteiger partial charge is 0.493 e. The molecule has 0 N–H and O–H groups in total. The van der Waals surface area contributed by atoms with Crippen molar-refractivity contribution in [2.24, 2.45) is 17.8 Å². The molecule has 2 bridgehead atoms. The first-order valence-corrected chi connectivity index (χ1v) is 14.1. The number of carbonyl (C=O) groups is 1. The number of carbonyl (C=O) groups excluding carboxylic acids is 1. The summed E-state index contributed by atoms with van der Waals surface area (Å²) in [4.78, 5) is 15.9. The van der Waals surface area contributed by atoms with Crippen LogP contribution in [0.2, 0.25) is 0 Å². The van der Waals surface area contributed by atoms with Crippen molar-refractivity contribution in [3.05, 3.63) is 101 Å². The van der Waals surface area contributed by atoms with E-state index in [1.165, 1.54) is 5.56 Å². The van der Waals surface area contributed by atoms with Crippen LogP contribution in [0.3, 0.4) is 0 Å². The molecule has 0 radical (unpaired) electrons. The number of rotatable bonds is 5. The number of fused-ring (bicyclic) bond motifs is 6. The summed E-state index contributed by atoms with van der Waals surface area (Å²) in [5.74, 6) is 0.506. The lowest BCUT2D eigenvalue weighted by Crippen LogP contribution is -2.40. The van der Waals surface area contributed by atoms with Gasteiger partial charge in [0.15, 0.2) is 0 Å². The van der Waals surface area contributed by atoms with Gasteiger partial charge in [-0.05, 0) is 68.5 Å². The Hall–Kier alpha value is -3.62. The molecule has 2 aliphatic carbocycles. The van der Waals surface area contributed by atoms with Gasteiger partial charge in [-0.3, -0.25) is 9.69 Å². The smallest absolute Gasteiger partial charge is 0.238 e. The third-order valence-corrected chi connectivity index (χ3v) is 8.81. The SMILES string of the molecule is C=C1[C@@H]2[C@H](C(=O)N1C1=C3C=CC=CC3C=C(C#N)C=C1)[C@@]1(C)CC[C@]2(CCOc2cc(C)ccc2C)O1.CC. The summed E-state index contributed by atoms with van der Waals surface area (Å²) in [6, 6.07) is 8.50. The van der Waals surface area contributed by atoms with Gasteiger partial charge in [-0.25, -0.2) is 0 Å². The van der Waals surface area contributed by atoms with Gasteiger partial charge in [0.05, 0.1) is 35.5 Å². The quantitative estimate of drug-likeness (QED) is 0.417. The van der Waals surface area contributed by atoms with E-state index in [4.69, 9.17) is 9.47 Å². The molecule has 1 aromatic carbocycles. The molecule has 3 fully saturated rings. The van der Waals surface area contributed by atoms with Crippen molar-refractivity contribution < 1.29 is 14.3 Å². The van der Waals surface area contributed by atoms with Crippen molar-refractivity contribution in [2.45, 2.75) is 65.1 Å². The Balaban J connectivity index is 0.00000151. The highest BCUT2D eigenvalue weighted by Crippen LogP contribution is 2.65. The molecule has 0 saturated carbocycles. The lowest BCUT2D eigenvalue weighted by molar-refractivity contribution is -0.135. The van der Waals surface area contributed by atoms with Crippen LogP contribution in [-0.4, -0.2) is 28.6 Å². The summed E-state index contributed by atoms with van der Waals surface area (Å²) in [6.45, 7) is 15.2. The van der Waals surface area contributed by atoms with E-state index in [1.807, 2.05) is 49.1 Å². The maximum absolute atomic E-state index is 14.1. The van der Waals surface area contributed by atoms with Crippen molar-refractivity contribution in [1.82, 2.24) is 4.90 Å². The molecule has 5 nitrogen and oxygen atoms in total. The molecule has 6 rings (SSSR count). The number of likely N-dealkylation sites (tertiary alicyclic amines) is 1. The minimum absolute atomic E-state index is 0.0452. The van der Waals surface area contributed by atoms with E-state index in [0.29, 0.717) is 18.6 Å². The molecule has 202 valence electrons. The number of hydrogen-bond acceptors (Lipinski definition) is 4. The molecule has 5 atom stereocenters. The number of aryl methyl sites for hydroxylation is 2. The fourth-order valence-electron chi connectivity index (χ4n) is 6.99. The van der Waals surface area contributed by atoms with E-state index in [-0.39, 0.29) is 23.7 Å². The van der Waals surface area contributed by atoms with E-state index in [1.54, 1.807) is 6.08 Å². The Morgan fingerprint density at radius 1 is 1.15 bits per heavy atom. The van der Waals surface area contributed by atoms with Crippen molar-refractivity contribution in [2.75, 3.05) is 6.61 Å². The third kappa shape index (κ3) is 4.32. The summed E-state index contributed by atoms with van der Waals surface area (Å²) in [5.41, 5.74) is 4.47. The van der Waals surface area contributed by atoms with Crippen LogP contribution in [0.4, 0.5) is 0 Å². The van der Waals surface area contributed by atoms with Crippen molar-refractivity contribution in [3.8, 4) is 11.8 Å². The summed E-state index contributed by atoms with van der Waals surface area (Å²) in [6.07, 6.45) is 16.1. The molecule has 3 saturated heterocycles. The van der Waals surface area contributed by atoms with Crippen LogP contribution in [0.5, 0.6) is 5.75 Å². The lowest BCUT2D eigenvalue weighted by atomic mass is 9.67. The monoisotopic (exact) mass is 522 g/mol. The first-order valence-electron chi connectivity index (χ1n) is 14.1. The summed E-state index contributed by atoms with van der Waals surface area (Å²) < 4.78 is 13.0. The van der Waals surface area contributed by atoms with Crippen LogP contribution in [0, 0.1) is 42.9 Å². The number of nitriles is 1. The first kappa shape index (κ1) is 27.0. The molecule has 0 aromatic heterocycles. The predicted octanol–water partition coefficient (Wildman–Crippen LogP) is 7.02. The van der Waals surface area contributed by atoms with Crippen molar-refractivity contribution >= 4 is 5.91 Å². The average molecular weight is 523 g/mol. The molecular weight excluding hydrogens is 484 g/mol. The maximum Gasteiger partial charge on any atom is 0.238 e. The molecule has 1 unspecified atom stereocenters. The fraction of sp³-hybridized carbons (Fsp3) is 0.412. The predicted molar refractivity (Wildman–Crippen MR) is 153 cm³/mol. The van der Waals surface area contributed by atoms with Gasteiger partial charge in [-0.15, -0.1) is 0 Å². The van der Waals surface area contributed by atoms with Gasteiger partial charge < -0.3 is 9.47 Å². The van der Waals surface area contributed by atoms with Crippen LogP contribution >= 0.6 is 0 Å². The van der Waals surface area contributed by atoms with Crippen LogP contribution in [0.1, 0.15) is 51.2 Å². The molecule has 3 aliphatic heterocycles. The second-order valence-corrected chi connectivity index (χ2v) is 11.1. The normalized spacial score (nSPS) is 31.8. The second kappa shape index (κ2) is 10.2. The molecular formula is C34H38N2O3. The summed E-state index contributed by atoms with van der Waals surface area (Å²) in [5, 5.41) is 9.58. The fourth-order valence-corrected chi connectivity index (χ4v) is 6.99. The maximum atomic E-state index is 14.1. The number of amides is 1. The van der Waals surface area contributed by atoms with Gasteiger partial charge in [0.2, 0.25) is 5.91 Å². The number of allylic oxidation sites excluding steroid dienone is 9. The molecule has 1 aromatic rings. The van der Waals surface area contributed by atoms with Gasteiger partial charge in [-0.2, -0.15) is 5.26 Å². The van der Waals surface area contributed by atoms with Crippen LogP contribution < -0.4 is 4.74 Å². The zero-order valence-corrected chi connectivity index (χ0v) is 23.7. The highest BCUT2D eigenvalue weighted by atomic mass is 16.5. The highest BCUT2D eigenvalue weighted by molar-refractivity contribution is 5.89. The van der Waals surface area contributed by atoms with Crippen molar-refractivity contribution in [1.29, 1.82) is 5.26 Å². The minimum Gasteiger partial charge on any atom is -0.493 e. The Labute approximate surface area is 232 Å². The summed E-state index contributed by atoms with van der Waals surface area (Å²) in [7, 11) is 0. The van der Waals surface area contributed by atoms with E-state index in [2.05, 4.69) is 57.7 Å². The van der Waals surface area contributed by atoms with Gasteiger partial charge >= 0.3 is 0 Å². The molecule has 1 amide bonds. The number of hydrogen-bond donors (Lipinski definition) is 0. The van der Waals surface area contributed by atoms with E-state index >= 15 is 0 Å². The zero-order valence-electron chi connectivity index (χ0n) is 23.7. The van der Waals surface area contributed by atoms with E-state index in [0.717, 1.165) is 41.1 Å². The van der Waals surface area contributed by atoms with Crippen LogP contribution in [-0.2, 0) is 9.53 Å². The van der Waals surface area contributed by atoms with Crippen LogP contribution in [0.25, 0.3) is 0 Å². The summed E-state index contributed by atoms with van der Waals surface area (Å²) >= 11 is 0. The Kier molecular flexibility index (Phi) is 7.03. The number of ether oxygens (including phenoxy) is 2. The molecule has 39 heavy (non-hydrogen) atoms. The zero-order chi connectivity index (χ0) is 27.9. The Morgan fingerprint density at radius 3 is 2.72 bits per heavy atom. The van der Waals surface area contributed by atoms with E-state index in [9.17, 15) is 10.1 Å². The van der Waals surface area contributed by atoms with E-state index < -0.39 is 11.2 Å². The van der Waals surface area contributed by atoms with Crippen LogP contribution in [0.15, 0.2) is 89.9 Å². The topological polar surface area (TPSA) is 62.6 Å². The molecule has 3 heterocycles. The minimum atomic E-state index is -0.518. The average Bonchev–Trinajstić information content (AvgIpc) is 3.45. The van der Waals surface area contributed by atoms with Crippen molar-refractivity contribution in [3.63, 3.8) is 0 Å². The standard InChI is InChI=1S/C32H32N2O3.C2H6/c1-20-9-10-21(2)27(17-20)36-16-15-32-14-13-31(4,37-32)29-28(32)22(3)34(30(29)35)26-12-11-23(19-33)18-24-7-5-6-8-25(24)26;1-2/h5-12,17-18,24,28-29H,3,13-16H2,1-2,4H3;1-2H3/t24?,28-,29-,31-,32-;/m1./s1.